The minimum absolute atomic E-state index is 0.0779. The van der Waals surface area contributed by atoms with Crippen LogP contribution < -0.4 is 0 Å². The molecule has 0 unspecified atom stereocenters. The van der Waals surface area contributed by atoms with Crippen LogP contribution >= 0.6 is 11.6 Å². The molecule has 72 valence electrons. The highest BCUT2D eigenvalue weighted by Gasteiger charge is 2.05. The summed E-state index contributed by atoms with van der Waals surface area (Å²) in [6.45, 7) is -0.0779. The van der Waals surface area contributed by atoms with Gasteiger partial charge in [0.2, 0.25) is 0 Å². The van der Waals surface area contributed by atoms with Gasteiger partial charge in [-0.3, -0.25) is 4.18 Å². The van der Waals surface area contributed by atoms with Gasteiger partial charge in [0.1, 0.15) is 5.15 Å². The van der Waals surface area contributed by atoms with Crippen molar-refractivity contribution in [2.75, 3.05) is 6.26 Å². The van der Waals surface area contributed by atoms with Crippen LogP contribution in [0.4, 0.5) is 0 Å². The van der Waals surface area contributed by atoms with Crippen LogP contribution in [0.1, 0.15) is 5.56 Å². The maximum absolute atomic E-state index is 10.6. The van der Waals surface area contributed by atoms with Gasteiger partial charge in [-0.1, -0.05) is 17.7 Å². The fourth-order valence-corrected chi connectivity index (χ4v) is 1.21. The van der Waals surface area contributed by atoms with Crippen molar-refractivity contribution in [1.29, 1.82) is 0 Å². The Morgan fingerprint density at radius 2 is 2.31 bits per heavy atom. The zero-order valence-corrected chi connectivity index (χ0v) is 8.47. The predicted octanol–water partition coefficient (Wildman–Crippen LogP) is 1.21. The fourth-order valence-electron chi connectivity index (χ4n) is 0.698. The summed E-state index contributed by atoms with van der Waals surface area (Å²) in [6.07, 6.45) is 2.50. The number of hydrogen-bond donors (Lipinski definition) is 0. The normalized spacial score (nSPS) is 11.5. The summed E-state index contributed by atoms with van der Waals surface area (Å²) in [5.41, 5.74) is 0.551. The SMILES string of the molecule is CS(=O)(=O)OCc1cccnc1Cl. The predicted molar refractivity (Wildman–Crippen MR) is 48.9 cm³/mol. The molecule has 1 aromatic rings. The first kappa shape index (κ1) is 10.4. The molecule has 0 aromatic carbocycles. The Hall–Kier alpha value is -0.650. The van der Waals surface area contributed by atoms with E-state index < -0.39 is 10.1 Å². The molecule has 0 atom stereocenters. The maximum Gasteiger partial charge on any atom is 0.264 e. The van der Waals surface area contributed by atoms with E-state index in [1.165, 1.54) is 6.20 Å². The van der Waals surface area contributed by atoms with E-state index in [0.717, 1.165) is 6.26 Å². The Balaban J connectivity index is 2.71. The standard InChI is InChI=1S/C7H8ClNO3S/c1-13(10,11)12-5-6-3-2-4-9-7(6)8/h2-4H,5H2,1H3. The Labute approximate surface area is 81.6 Å². The van der Waals surface area contributed by atoms with E-state index in [-0.39, 0.29) is 11.8 Å². The monoisotopic (exact) mass is 221 g/mol. The van der Waals surface area contributed by atoms with Crippen molar-refractivity contribution in [3.05, 3.63) is 29.0 Å². The Bertz CT molecular complexity index is 390. The Kier molecular flexibility index (Phi) is 3.24. The molecule has 0 bridgehead atoms. The quantitative estimate of drug-likeness (QED) is 0.569. The molecule has 0 radical (unpaired) electrons. The molecule has 4 nitrogen and oxygen atoms in total. The second kappa shape index (κ2) is 4.04. The summed E-state index contributed by atoms with van der Waals surface area (Å²) in [4.78, 5) is 3.77. The second-order valence-corrected chi connectivity index (χ2v) is 4.42. The van der Waals surface area contributed by atoms with Gasteiger partial charge in [-0.25, -0.2) is 4.98 Å². The molecule has 6 heteroatoms. The van der Waals surface area contributed by atoms with Crippen LogP contribution in [0.15, 0.2) is 18.3 Å². The minimum Gasteiger partial charge on any atom is -0.265 e. The lowest BCUT2D eigenvalue weighted by molar-refractivity contribution is 0.311. The summed E-state index contributed by atoms with van der Waals surface area (Å²) in [5, 5.41) is 0.256. The van der Waals surface area contributed by atoms with Crippen molar-refractivity contribution >= 4 is 21.7 Å². The number of pyridine rings is 1. The van der Waals surface area contributed by atoms with E-state index in [2.05, 4.69) is 9.17 Å². The number of aromatic nitrogens is 1. The number of hydrogen-bond acceptors (Lipinski definition) is 4. The van der Waals surface area contributed by atoms with Crippen molar-refractivity contribution < 1.29 is 12.6 Å². The highest BCUT2D eigenvalue weighted by molar-refractivity contribution is 7.85. The number of nitrogens with zero attached hydrogens (tertiary/aromatic N) is 1. The minimum atomic E-state index is -3.43. The van der Waals surface area contributed by atoms with Gasteiger partial charge in [-0.2, -0.15) is 8.42 Å². The molecule has 0 amide bonds. The van der Waals surface area contributed by atoms with Gasteiger partial charge in [0.15, 0.2) is 0 Å². The van der Waals surface area contributed by atoms with Crippen molar-refractivity contribution in [2.45, 2.75) is 6.61 Å². The molecule has 0 fully saturated rings. The third-order valence-electron chi connectivity index (χ3n) is 1.26. The largest absolute Gasteiger partial charge is 0.265 e. The molecule has 0 N–H and O–H groups in total. The Morgan fingerprint density at radius 3 is 2.85 bits per heavy atom. The van der Waals surface area contributed by atoms with Gasteiger partial charge in [0.25, 0.3) is 10.1 Å². The molecular formula is C7H8ClNO3S. The van der Waals surface area contributed by atoms with E-state index in [1.807, 2.05) is 0 Å². The third-order valence-corrected chi connectivity index (χ3v) is 2.15. The first-order chi connectivity index (χ1) is 5.99. The van der Waals surface area contributed by atoms with Crippen LogP contribution in [0.3, 0.4) is 0 Å². The lowest BCUT2D eigenvalue weighted by atomic mass is 10.3. The van der Waals surface area contributed by atoms with Crippen LogP contribution in [-0.2, 0) is 20.9 Å². The molecule has 0 aliphatic rings. The first-order valence-electron chi connectivity index (χ1n) is 3.43. The average Bonchev–Trinajstić information content (AvgIpc) is 2.01. The van der Waals surface area contributed by atoms with Crippen LogP contribution in [0.5, 0.6) is 0 Å². The van der Waals surface area contributed by atoms with E-state index in [1.54, 1.807) is 12.1 Å². The van der Waals surface area contributed by atoms with Gasteiger partial charge in [0.05, 0.1) is 12.9 Å². The van der Waals surface area contributed by atoms with Crippen LogP contribution in [0.25, 0.3) is 0 Å². The van der Waals surface area contributed by atoms with Gasteiger partial charge < -0.3 is 0 Å². The van der Waals surface area contributed by atoms with Crippen molar-refractivity contribution in [2.24, 2.45) is 0 Å². The van der Waals surface area contributed by atoms with Crippen molar-refractivity contribution in [3.8, 4) is 0 Å². The summed E-state index contributed by atoms with van der Waals surface area (Å²) >= 11 is 5.67. The third kappa shape index (κ3) is 3.71. The fraction of sp³-hybridized carbons (Fsp3) is 0.286. The molecule has 1 heterocycles. The van der Waals surface area contributed by atoms with Crippen molar-refractivity contribution in [1.82, 2.24) is 4.98 Å². The first-order valence-corrected chi connectivity index (χ1v) is 5.62. The van der Waals surface area contributed by atoms with E-state index >= 15 is 0 Å². The molecule has 0 saturated carbocycles. The summed E-state index contributed by atoms with van der Waals surface area (Å²) in [7, 11) is -3.43. The highest BCUT2D eigenvalue weighted by atomic mass is 35.5. The summed E-state index contributed by atoms with van der Waals surface area (Å²) in [5.74, 6) is 0. The van der Waals surface area contributed by atoms with Gasteiger partial charge in [-0.15, -0.1) is 0 Å². The molecule has 0 aliphatic heterocycles. The maximum atomic E-state index is 10.6. The van der Waals surface area contributed by atoms with E-state index in [4.69, 9.17) is 11.6 Å². The van der Waals surface area contributed by atoms with Crippen LogP contribution in [0.2, 0.25) is 5.15 Å². The molecule has 0 spiro atoms. The lowest BCUT2D eigenvalue weighted by Gasteiger charge is -2.01. The van der Waals surface area contributed by atoms with Gasteiger partial charge in [0, 0.05) is 11.8 Å². The van der Waals surface area contributed by atoms with Crippen LogP contribution in [-0.4, -0.2) is 19.7 Å². The zero-order chi connectivity index (χ0) is 9.90. The smallest absolute Gasteiger partial charge is 0.264 e. The molecule has 1 rings (SSSR count). The molecule has 0 saturated heterocycles. The van der Waals surface area contributed by atoms with E-state index in [0.29, 0.717) is 5.56 Å². The second-order valence-electron chi connectivity index (χ2n) is 2.42. The molecular weight excluding hydrogens is 214 g/mol. The van der Waals surface area contributed by atoms with Crippen LogP contribution in [0, 0.1) is 0 Å². The zero-order valence-electron chi connectivity index (χ0n) is 6.90. The summed E-state index contributed by atoms with van der Waals surface area (Å²) < 4.78 is 25.8. The van der Waals surface area contributed by atoms with Crippen molar-refractivity contribution in [3.63, 3.8) is 0 Å². The Morgan fingerprint density at radius 1 is 1.62 bits per heavy atom. The average molecular weight is 222 g/mol. The highest BCUT2D eigenvalue weighted by Crippen LogP contribution is 2.13. The topological polar surface area (TPSA) is 56.3 Å². The van der Waals surface area contributed by atoms with E-state index in [9.17, 15) is 8.42 Å². The number of rotatable bonds is 3. The summed E-state index contributed by atoms with van der Waals surface area (Å²) in [6, 6.07) is 3.31. The molecule has 13 heavy (non-hydrogen) atoms. The molecule has 1 aromatic heterocycles. The van der Waals surface area contributed by atoms with Gasteiger partial charge >= 0.3 is 0 Å². The molecule has 0 aliphatic carbocycles. The number of halogens is 1. The van der Waals surface area contributed by atoms with Gasteiger partial charge in [-0.05, 0) is 6.07 Å². The lowest BCUT2D eigenvalue weighted by Crippen LogP contribution is -2.03.